The van der Waals surface area contributed by atoms with Gasteiger partial charge in [0.1, 0.15) is 0 Å². The van der Waals surface area contributed by atoms with E-state index in [0.29, 0.717) is 10.6 Å². The van der Waals surface area contributed by atoms with Gasteiger partial charge >= 0.3 is 5.97 Å². The lowest BCUT2D eigenvalue weighted by Crippen LogP contribution is -2.16. The van der Waals surface area contributed by atoms with Gasteiger partial charge in [0, 0.05) is 16.8 Å². The first-order valence-corrected chi connectivity index (χ1v) is 6.11. The topological polar surface area (TPSA) is 79.3 Å². The number of amides is 1. The number of aryl methyl sites for hydroxylation is 1. The van der Waals surface area contributed by atoms with Crippen LogP contribution in [0.25, 0.3) is 0 Å². The molecule has 2 N–H and O–H groups in total. The van der Waals surface area contributed by atoms with Crippen molar-refractivity contribution in [3.8, 4) is 0 Å². The number of aromatic carboxylic acids is 1. The molecule has 0 aliphatic rings. The number of aromatic nitrogens is 1. The van der Waals surface area contributed by atoms with Crippen LogP contribution in [0.1, 0.15) is 26.3 Å². The molecule has 0 aliphatic carbocycles. The van der Waals surface area contributed by atoms with Crippen molar-refractivity contribution in [2.24, 2.45) is 0 Å². The van der Waals surface area contributed by atoms with Gasteiger partial charge in [-0.15, -0.1) is 0 Å². The molecular formula is C14H11ClN2O3. The molecular weight excluding hydrogens is 280 g/mol. The van der Waals surface area contributed by atoms with Crippen LogP contribution in [0.4, 0.5) is 5.69 Å². The number of anilines is 1. The van der Waals surface area contributed by atoms with Crippen LogP contribution < -0.4 is 5.32 Å². The first kappa shape index (κ1) is 14.0. The number of rotatable bonds is 3. The Morgan fingerprint density at radius 3 is 2.70 bits per heavy atom. The van der Waals surface area contributed by atoms with Crippen molar-refractivity contribution in [2.75, 3.05) is 5.32 Å². The Morgan fingerprint density at radius 1 is 1.25 bits per heavy atom. The monoisotopic (exact) mass is 290 g/mol. The standard InChI is InChI=1S/C14H11ClN2O3/c1-8-2-3-9(15)6-11(8)13(18)17-12-7-16-5-4-10(12)14(19)20/h2-7H,1H3,(H,17,18)(H,19,20). The fourth-order valence-corrected chi connectivity index (χ4v) is 1.88. The molecule has 2 rings (SSSR count). The normalized spacial score (nSPS) is 10.1. The van der Waals surface area contributed by atoms with Crippen molar-refractivity contribution >= 4 is 29.2 Å². The van der Waals surface area contributed by atoms with Gasteiger partial charge < -0.3 is 10.4 Å². The zero-order valence-electron chi connectivity index (χ0n) is 10.6. The van der Waals surface area contributed by atoms with Crippen molar-refractivity contribution in [1.82, 2.24) is 4.98 Å². The highest BCUT2D eigenvalue weighted by Gasteiger charge is 2.15. The lowest BCUT2D eigenvalue weighted by atomic mass is 10.1. The van der Waals surface area contributed by atoms with Gasteiger partial charge in [-0.3, -0.25) is 9.78 Å². The number of halogens is 1. The molecule has 0 saturated carbocycles. The molecule has 0 aliphatic heterocycles. The predicted octanol–water partition coefficient (Wildman–Crippen LogP) is 2.99. The Labute approximate surface area is 120 Å². The second-order valence-electron chi connectivity index (χ2n) is 4.14. The predicted molar refractivity (Wildman–Crippen MR) is 75.3 cm³/mol. The molecule has 0 fully saturated rings. The van der Waals surface area contributed by atoms with Gasteiger partial charge in [0.05, 0.1) is 17.4 Å². The molecule has 6 heteroatoms. The summed E-state index contributed by atoms with van der Waals surface area (Å²) in [6, 6.07) is 6.25. The van der Waals surface area contributed by atoms with Gasteiger partial charge in [0.15, 0.2) is 0 Å². The summed E-state index contributed by atoms with van der Waals surface area (Å²) in [5.74, 6) is -1.56. The van der Waals surface area contributed by atoms with Crippen LogP contribution >= 0.6 is 11.6 Å². The minimum absolute atomic E-state index is 0.0203. The Kier molecular flexibility index (Phi) is 4.00. The van der Waals surface area contributed by atoms with Crippen molar-refractivity contribution in [3.63, 3.8) is 0 Å². The molecule has 0 atom stereocenters. The zero-order chi connectivity index (χ0) is 14.7. The van der Waals surface area contributed by atoms with Crippen LogP contribution in [0.2, 0.25) is 5.02 Å². The molecule has 0 spiro atoms. The molecule has 0 bridgehead atoms. The Hall–Kier alpha value is -2.40. The third-order valence-electron chi connectivity index (χ3n) is 2.74. The summed E-state index contributed by atoms with van der Waals surface area (Å²) in [6.45, 7) is 1.77. The van der Waals surface area contributed by atoms with E-state index in [1.165, 1.54) is 24.5 Å². The van der Waals surface area contributed by atoms with E-state index in [9.17, 15) is 9.59 Å². The highest BCUT2D eigenvalue weighted by Crippen LogP contribution is 2.19. The van der Waals surface area contributed by atoms with Gasteiger partial charge in [-0.25, -0.2) is 4.79 Å². The maximum atomic E-state index is 12.2. The van der Waals surface area contributed by atoms with E-state index in [4.69, 9.17) is 16.7 Å². The minimum atomic E-state index is -1.13. The number of carboxylic acids is 1. The fraction of sp³-hybridized carbons (Fsp3) is 0.0714. The summed E-state index contributed by atoms with van der Waals surface area (Å²) in [4.78, 5) is 27.0. The van der Waals surface area contributed by atoms with Gasteiger partial charge in [-0.1, -0.05) is 17.7 Å². The maximum absolute atomic E-state index is 12.2. The van der Waals surface area contributed by atoms with E-state index in [1.54, 1.807) is 19.1 Å². The van der Waals surface area contributed by atoms with E-state index in [1.807, 2.05) is 0 Å². The van der Waals surface area contributed by atoms with Crippen molar-refractivity contribution in [2.45, 2.75) is 6.92 Å². The second-order valence-corrected chi connectivity index (χ2v) is 4.58. The molecule has 5 nitrogen and oxygen atoms in total. The molecule has 1 aromatic heterocycles. The van der Waals surface area contributed by atoms with Crippen LogP contribution in [0.3, 0.4) is 0 Å². The molecule has 102 valence electrons. The summed E-state index contributed by atoms with van der Waals surface area (Å²) in [5.41, 5.74) is 1.25. The number of carbonyl (C=O) groups is 2. The van der Waals surface area contributed by atoms with Crippen LogP contribution in [-0.4, -0.2) is 22.0 Å². The van der Waals surface area contributed by atoms with Crippen molar-refractivity contribution in [1.29, 1.82) is 0 Å². The Bertz CT molecular complexity index is 686. The number of carboxylic acid groups (broad SMARTS) is 1. The van der Waals surface area contributed by atoms with E-state index >= 15 is 0 Å². The number of nitrogens with zero attached hydrogens (tertiary/aromatic N) is 1. The first-order chi connectivity index (χ1) is 9.49. The summed E-state index contributed by atoms with van der Waals surface area (Å²) in [6.07, 6.45) is 2.64. The van der Waals surface area contributed by atoms with E-state index < -0.39 is 11.9 Å². The lowest BCUT2D eigenvalue weighted by Gasteiger charge is -2.09. The lowest BCUT2D eigenvalue weighted by molar-refractivity contribution is 0.0698. The average Bonchev–Trinajstić information content (AvgIpc) is 2.41. The van der Waals surface area contributed by atoms with Gasteiger partial charge in [-0.2, -0.15) is 0 Å². The highest BCUT2D eigenvalue weighted by atomic mass is 35.5. The second kappa shape index (κ2) is 5.71. The number of carbonyl (C=O) groups excluding carboxylic acids is 1. The van der Waals surface area contributed by atoms with Gasteiger partial charge in [-0.05, 0) is 30.7 Å². The number of hydrogen-bond acceptors (Lipinski definition) is 3. The third kappa shape index (κ3) is 2.95. The maximum Gasteiger partial charge on any atom is 0.337 e. The first-order valence-electron chi connectivity index (χ1n) is 5.74. The van der Waals surface area contributed by atoms with Crippen LogP contribution in [-0.2, 0) is 0 Å². The van der Waals surface area contributed by atoms with Gasteiger partial charge in [0.25, 0.3) is 5.91 Å². The zero-order valence-corrected chi connectivity index (χ0v) is 11.3. The van der Waals surface area contributed by atoms with Crippen LogP contribution in [0, 0.1) is 6.92 Å². The number of hydrogen-bond donors (Lipinski definition) is 2. The molecule has 1 amide bonds. The van der Waals surface area contributed by atoms with Crippen LogP contribution in [0.5, 0.6) is 0 Å². The SMILES string of the molecule is Cc1ccc(Cl)cc1C(=O)Nc1cnccc1C(=O)O. The fourth-order valence-electron chi connectivity index (χ4n) is 1.71. The van der Waals surface area contributed by atoms with Crippen LogP contribution in [0.15, 0.2) is 36.7 Å². The summed E-state index contributed by atoms with van der Waals surface area (Å²) < 4.78 is 0. The number of pyridine rings is 1. The van der Waals surface area contributed by atoms with E-state index in [2.05, 4.69) is 10.3 Å². The van der Waals surface area contributed by atoms with E-state index in [0.717, 1.165) is 5.56 Å². The van der Waals surface area contributed by atoms with Gasteiger partial charge in [0.2, 0.25) is 0 Å². The van der Waals surface area contributed by atoms with Crippen molar-refractivity contribution in [3.05, 3.63) is 58.4 Å². The molecule has 20 heavy (non-hydrogen) atoms. The average molecular weight is 291 g/mol. The summed E-state index contributed by atoms with van der Waals surface area (Å²) >= 11 is 5.86. The van der Waals surface area contributed by atoms with Crippen molar-refractivity contribution < 1.29 is 14.7 Å². The van der Waals surface area contributed by atoms with E-state index in [-0.39, 0.29) is 11.3 Å². The molecule has 1 aromatic carbocycles. The Morgan fingerprint density at radius 2 is 2.00 bits per heavy atom. The summed E-state index contributed by atoms with van der Waals surface area (Å²) in [7, 11) is 0. The number of nitrogens with one attached hydrogen (secondary N) is 1. The molecule has 0 radical (unpaired) electrons. The number of benzene rings is 1. The Balaban J connectivity index is 2.33. The minimum Gasteiger partial charge on any atom is -0.478 e. The highest BCUT2D eigenvalue weighted by molar-refractivity contribution is 6.31. The quantitative estimate of drug-likeness (QED) is 0.911. The molecule has 2 aromatic rings. The molecule has 0 unspecified atom stereocenters. The summed E-state index contributed by atoms with van der Waals surface area (Å²) in [5, 5.41) is 12.0. The smallest absolute Gasteiger partial charge is 0.337 e. The molecule has 0 saturated heterocycles. The largest absolute Gasteiger partial charge is 0.478 e. The third-order valence-corrected chi connectivity index (χ3v) is 2.98. The molecule has 1 heterocycles.